The number of aliphatic hydroxyl groups is 1. The molecule has 1 aromatic carbocycles. The largest absolute Gasteiger partial charge is 0.392 e. The van der Waals surface area contributed by atoms with Crippen LogP contribution in [0.5, 0.6) is 0 Å². The molecular formula is C16H21N3O2. The summed E-state index contributed by atoms with van der Waals surface area (Å²) in [5, 5.41) is 12.6. The van der Waals surface area contributed by atoms with E-state index in [-0.39, 0.29) is 18.2 Å². The Kier molecular flexibility index (Phi) is 4.75. The van der Waals surface area contributed by atoms with Crippen LogP contribution in [0, 0.1) is 5.92 Å². The number of carbonyl (C=O) groups excluding carboxylic acids is 1. The van der Waals surface area contributed by atoms with Crippen LogP contribution in [0.1, 0.15) is 20.3 Å². The van der Waals surface area contributed by atoms with Gasteiger partial charge in [-0.25, -0.2) is 4.98 Å². The quantitative estimate of drug-likeness (QED) is 0.887. The molecule has 1 amide bonds. The van der Waals surface area contributed by atoms with E-state index in [0.717, 1.165) is 11.4 Å². The number of aromatic nitrogens is 2. The number of carbonyl (C=O) groups is 1. The van der Waals surface area contributed by atoms with E-state index in [9.17, 15) is 9.90 Å². The highest BCUT2D eigenvalue weighted by molar-refractivity contribution is 5.91. The summed E-state index contributed by atoms with van der Waals surface area (Å²) in [7, 11) is 1.92. The zero-order valence-electron chi connectivity index (χ0n) is 12.6. The predicted octanol–water partition coefficient (Wildman–Crippen LogP) is 2.43. The van der Waals surface area contributed by atoms with Gasteiger partial charge in [0, 0.05) is 30.7 Å². The van der Waals surface area contributed by atoms with Crippen molar-refractivity contribution in [1.82, 2.24) is 9.55 Å². The highest BCUT2D eigenvalue weighted by Gasteiger charge is 2.14. The third-order valence-corrected chi connectivity index (χ3v) is 3.39. The van der Waals surface area contributed by atoms with E-state index >= 15 is 0 Å². The molecule has 0 spiro atoms. The Morgan fingerprint density at radius 3 is 2.81 bits per heavy atom. The summed E-state index contributed by atoms with van der Waals surface area (Å²) in [6.45, 7) is 3.78. The fraction of sp³-hybridized carbons (Fsp3) is 0.375. The minimum Gasteiger partial charge on any atom is -0.392 e. The minimum atomic E-state index is -0.622. The number of hydrogen-bond acceptors (Lipinski definition) is 3. The Labute approximate surface area is 124 Å². The molecule has 1 aromatic heterocycles. The van der Waals surface area contributed by atoms with Gasteiger partial charge < -0.3 is 15.0 Å². The van der Waals surface area contributed by atoms with E-state index in [1.807, 2.05) is 55.9 Å². The van der Waals surface area contributed by atoms with Crippen molar-refractivity contribution < 1.29 is 9.90 Å². The second-order valence-electron chi connectivity index (χ2n) is 5.51. The number of anilines is 1. The maximum Gasteiger partial charge on any atom is 0.226 e. The lowest BCUT2D eigenvalue weighted by molar-refractivity contribution is -0.118. The van der Waals surface area contributed by atoms with Crippen molar-refractivity contribution in [1.29, 1.82) is 0 Å². The summed E-state index contributed by atoms with van der Waals surface area (Å²) < 4.78 is 1.92. The molecule has 2 N–H and O–H groups in total. The molecule has 0 radical (unpaired) electrons. The fourth-order valence-electron chi connectivity index (χ4n) is 2.02. The molecule has 1 heterocycles. The van der Waals surface area contributed by atoms with Gasteiger partial charge in [-0.1, -0.05) is 26.0 Å². The van der Waals surface area contributed by atoms with Gasteiger partial charge in [0.15, 0.2) is 0 Å². The zero-order valence-corrected chi connectivity index (χ0v) is 12.6. The molecule has 21 heavy (non-hydrogen) atoms. The van der Waals surface area contributed by atoms with Crippen molar-refractivity contribution in [3.8, 4) is 11.4 Å². The molecule has 0 bridgehead atoms. The van der Waals surface area contributed by atoms with Crippen molar-refractivity contribution in [3.63, 3.8) is 0 Å². The molecule has 0 aliphatic heterocycles. The first-order chi connectivity index (χ1) is 9.97. The topological polar surface area (TPSA) is 67.2 Å². The smallest absolute Gasteiger partial charge is 0.226 e. The number of aliphatic hydroxyl groups excluding tert-OH is 1. The van der Waals surface area contributed by atoms with Gasteiger partial charge in [0.05, 0.1) is 12.5 Å². The second-order valence-corrected chi connectivity index (χ2v) is 5.51. The van der Waals surface area contributed by atoms with E-state index in [1.54, 1.807) is 6.20 Å². The van der Waals surface area contributed by atoms with E-state index < -0.39 is 6.10 Å². The molecule has 2 aromatic rings. The van der Waals surface area contributed by atoms with Gasteiger partial charge in [-0.05, 0) is 18.1 Å². The number of amides is 1. The molecule has 2 rings (SSSR count). The molecular weight excluding hydrogens is 266 g/mol. The average molecular weight is 287 g/mol. The van der Waals surface area contributed by atoms with Crippen LogP contribution in [0.15, 0.2) is 36.7 Å². The minimum absolute atomic E-state index is 0.0645. The Hall–Kier alpha value is -2.14. The van der Waals surface area contributed by atoms with Crippen LogP contribution in [0.2, 0.25) is 0 Å². The lowest BCUT2D eigenvalue weighted by Crippen LogP contribution is -2.23. The number of aryl methyl sites for hydroxylation is 1. The van der Waals surface area contributed by atoms with Gasteiger partial charge >= 0.3 is 0 Å². The first kappa shape index (κ1) is 15.3. The molecule has 0 aliphatic carbocycles. The van der Waals surface area contributed by atoms with Crippen molar-refractivity contribution in [3.05, 3.63) is 36.7 Å². The molecule has 1 unspecified atom stereocenters. The monoisotopic (exact) mass is 287 g/mol. The molecule has 0 fully saturated rings. The van der Waals surface area contributed by atoms with Crippen LogP contribution < -0.4 is 5.32 Å². The third kappa shape index (κ3) is 3.92. The lowest BCUT2D eigenvalue weighted by atomic mass is 10.0. The SMILES string of the molecule is CC(C)C(O)CC(=O)Nc1cccc(-c2nccn2C)c1. The van der Waals surface area contributed by atoms with Crippen LogP contribution >= 0.6 is 0 Å². The summed E-state index contributed by atoms with van der Waals surface area (Å²) in [6, 6.07) is 7.52. The Bertz CT molecular complexity index is 619. The van der Waals surface area contributed by atoms with Gasteiger partial charge in [0.25, 0.3) is 0 Å². The Morgan fingerprint density at radius 2 is 2.19 bits per heavy atom. The maximum atomic E-state index is 11.9. The number of nitrogens with zero attached hydrogens (tertiary/aromatic N) is 2. The summed E-state index contributed by atoms with van der Waals surface area (Å²) in [5.41, 5.74) is 1.64. The van der Waals surface area contributed by atoms with Crippen molar-refractivity contribution in [2.24, 2.45) is 13.0 Å². The van der Waals surface area contributed by atoms with Crippen molar-refractivity contribution in [2.45, 2.75) is 26.4 Å². The Morgan fingerprint density at radius 1 is 1.43 bits per heavy atom. The third-order valence-electron chi connectivity index (χ3n) is 3.39. The summed E-state index contributed by atoms with van der Waals surface area (Å²) >= 11 is 0. The van der Waals surface area contributed by atoms with Crippen LogP contribution in [0.25, 0.3) is 11.4 Å². The zero-order chi connectivity index (χ0) is 15.4. The predicted molar refractivity (Wildman–Crippen MR) is 82.7 cm³/mol. The number of hydrogen-bond donors (Lipinski definition) is 2. The summed E-state index contributed by atoms with van der Waals surface area (Å²) in [5.74, 6) is 0.719. The average Bonchev–Trinajstić information content (AvgIpc) is 2.85. The van der Waals surface area contributed by atoms with Crippen molar-refractivity contribution >= 4 is 11.6 Å². The molecule has 0 saturated carbocycles. The normalized spacial score (nSPS) is 12.4. The number of imidazole rings is 1. The highest BCUT2D eigenvalue weighted by atomic mass is 16.3. The van der Waals surface area contributed by atoms with Crippen LogP contribution in [-0.4, -0.2) is 26.7 Å². The van der Waals surface area contributed by atoms with Gasteiger partial charge in [-0.15, -0.1) is 0 Å². The molecule has 0 aliphatic rings. The molecule has 1 atom stereocenters. The van der Waals surface area contributed by atoms with Crippen molar-refractivity contribution in [2.75, 3.05) is 5.32 Å². The molecule has 5 heteroatoms. The maximum absolute atomic E-state index is 11.9. The van der Waals surface area contributed by atoms with Crippen LogP contribution in [0.4, 0.5) is 5.69 Å². The molecule has 5 nitrogen and oxygen atoms in total. The van der Waals surface area contributed by atoms with Gasteiger partial charge in [-0.3, -0.25) is 4.79 Å². The summed E-state index contributed by atoms with van der Waals surface area (Å²) in [4.78, 5) is 16.2. The van der Waals surface area contributed by atoms with Gasteiger partial charge in [0.2, 0.25) is 5.91 Å². The lowest BCUT2D eigenvalue weighted by Gasteiger charge is -2.14. The number of benzene rings is 1. The number of nitrogens with one attached hydrogen (secondary N) is 1. The molecule has 0 saturated heterocycles. The van der Waals surface area contributed by atoms with Gasteiger partial charge in [-0.2, -0.15) is 0 Å². The first-order valence-corrected chi connectivity index (χ1v) is 7.03. The summed E-state index contributed by atoms with van der Waals surface area (Å²) in [6.07, 6.45) is 3.09. The highest BCUT2D eigenvalue weighted by Crippen LogP contribution is 2.21. The van der Waals surface area contributed by atoms with E-state index in [4.69, 9.17) is 0 Å². The van der Waals surface area contributed by atoms with E-state index in [2.05, 4.69) is 10.3 Å². The molecule has 112 valence electrons. The fourth-order valence-corrected chi connectivity index (χ4v) is 2.02. The van der Waals surface area contributed by atoms with Gasteiger partial charge in [0.1, 0.15) is 5.82 Å². The number of rotatable bonds is 5. The van der Waals surface area contributed by atoms with E-state index in [0.29, 0.717) is 5.69 Å². The van der Waals surface area contributed by atoms with E-state index in [1.165, 1.54) is 0 Å². The second kappa shape index (κ2) is 6.54. The van der Waals surface area contributed by atoms with Crippen LogP contribution in [0.3, 0.4) is 0 Å². The first-order valence-electron chi connectivity index (χ1n) is 7.03. The standard InChI is InChI=1S/C16H21N3O2/c1-11(2)14(20)10-15(21)18-13-6-4-5-12(9-13)16-17-7-8-19(16)3/h4-9,11,14,20H,10H2,1-3H3,(H,18,21). The Balaban J connectivity index is 2.08. The van der Waals surface area contributed by atoms with Crippen LogP contribution in [-0.2, 0) is 11.8 Å².